The molecule has 31 heavy (non-hydrogen) atoms. The number of ether oxygens (including phenoxy) is 3. The van der Waals surface area contributed by atoms with Gasteiger partial charge in [0, 0.05) is 30.3 Å². The summed E-state index contributed by atoms with van der Waals surface area (Å²) in [6, 6.07) is 12.8. The highest BCUT2D eigenvalue weighted by atomic mass is 79.9. The van der Waals surface area contributed by atoms with Crippen molar-refractivity contribution in [1.29, 1.82) is 0 Å². The number of carbonyl (C=O) groups is 4. The Balaban J connectivity index is 1.95. The molecule has 2 aromatic carbocycles. The van der Waals surface area contributed by atoms with E-state index in [1.165, 1.54) is 33.1 Å². The normalized spacial score (nSPS) is 16.8. The maximum absolute atomic E-state index is 13.0. The van der Waals surface area contributed by atoms with Crippen LogP contribution in [0.15, 0.2) is 53.0 Å². The zero-order chi connectivity index (χ0) is 22.8. The molecule has 0 saturated carbocycles. The number of hydrogen-bond acceptors (Lipinski definition) is 7. The zero-order valence-electron chi connectivity index (χ0n) is 17.3. The van der Waals surface area contributed by atoms with Crippen molar-refractivity contribution in [2.75, 3.05) is 7.11 Å². The molecule has 7 nitrogen and oxygen atoms in total. The van der Waals surface area contributed by atoms with Crippen molar-refractivity contribution in [1.82, 2.24) is 0 Å². The summed E-state index contributed by atoms with van der Waals surface area (Å²) < 4.78 is 16.2. The van der Waals surface area contributed by atoms with Gasteiger partial charge in [0.25, 0.3) is 5.79 Å². The number of carbonyl (C=O) groups excluding carboxylic acids is 4. The summed E-state index contributed by atoms with van der Waals surface area (Å²) in [5, 5.41) is 0. The van der Waals surface area contributed by atoms with Crippen LogP contribution in [0.25, 0.3) is 0 Å². The third-order valence-corrected chi connectivity index (χ3v) is 5.50. The maximum Gasteiger partial charge on any atom is 0.337 e. The third-order valence-electron chi connectivity index (χ3n) is 4.97. The quantitative estimate of drug-likeness (QED) is 0.345. The van der Waals surface area contributed by atoms with Gasteiger partial charge < -0.3 is 14.2 Å². The summed E-state index contributed by atoms with van der Waals surface area (Å²) in [5.41, 5.74) is -0.605. The van der Waals surface area contributed by atoms with Crippen molar-refractivity contribution < 1.29 is 33.4 Å². The number of ketones is 1. The summed E-state index contributed by atoms with van der Waals surface area (Å²) in [6.45, 7) is 2.91. The van der Waals surface area contributed by atoms with Crippen molar-refractivity contribution in [2.45, 2.75) is 32.5 Å². The van der Waals surface area contributed by atoms with E-state index in [9.17, 15) is 19.2 Å². The highest BCUT2D eigenvalue weighted by Gasteiger charge is 2.57. The molecule has 0 aliphatic carbocycles. The number of cyclic esters (lactones) is 2. The molecule has 1 heterocycles. The largest absolute Gasteiger partial charge is 0.465 e. The SMILES string of the molecule is COC(=O)c1ccc(CC2(CC(=O)c3ccc(Br)cc3)C(=O)OC(C)(C)OC2=O)cc1. The first-order valence-electron chi connectivity index (χ1n) is 9.49. The van der Waals surface area contributed by atoms with Gasteiger partial charge in [0.05, 0.1) is 12.7 Å². The van der Waals surface area contributed by atoms with Crippen molar-refractivity contribution in [2.24, 2.45) is 5.41 Å². The molecule has 162 valence electrons. The van der Waals surface area contributed by atoms with Crippen LogP contribution >= 0.6 is 15.9 Å². The minimum Gasteiger partial charge on any atom is -0.465 e. The molecule has 1 fully saturated rings. The third kappa shape index (κ3) is 4.85. The number of halogens is 1. The van der Waals surface area contributed by atoms with Gasteiger partial charge in [-0.25, -0.2) is 4.79 Å². The molecule has 1 aliphatic rings. The summed E-state index contributed by atoms with van der Waals surface area (Å²) in [5.74, 6) is -3.97. The van der Waals surface area contributed by atoms with Gasteiger partial charge in [0.1, 0.15) is 0 Å². The molecule has 1 aliphatic heterocycles. The van der Waals surface area contributed by atoms with Crippen molar-refractivity contribution >= 4 is 39.6 Å². The van der Waals surface area contributed by atoms with E-state index in [2.05, 4.69) is 20.7 Å². The highest BCUT2D eigenvalue weighted by Crippen LogP contribution is 2.39. The number of esters is 3. The summed E-state index contributed by atoms with van der Waals surface area (Å²) in [4.78, 5) is 50.7. The topological polar surface area (TPSA) is 96.0 Å². The molecule has 0 unspecified atom stereocenters. The van der Waals surface area contributed by atoms with Crippen LogP contribution in [0, 0.1) is 5.41 Å². The monoisotopic (exact) mass is 488 g/mol. The minimum atomic E-state index is -1.84. The van der Waals surface area contributed by atoms with Crippen molar-refractivity contribution in [3.8, 4) is 0 Å². The van der Waals surface area contributed by atoms with E-state index >= 15 is 0 Å². The summed E-state index contributed by atoms with van der Waals surface area (Å²) >= 11 is 3.31. The molecule has 2 aromatic rings. The lowest BCUT2D eigenvalue weighted by Crippen LogP contribution is -2.55. The molecular weight excluding hydrogens is 468 g/mol. The Hall–Kier alpha value is -3.00. The molecule has 0 N–H and O–H groups in total. The van der Waals surface area contributed by atoms with Crippen molar-refractivity contribution in [3.05, 3.63) is 69.7 Å². The smallest absolute Gasteiger partial charge is 0.337 e. The van der Waals surface area contributed by atoms with Crippen molar-refractivity contribution in [3.63, 3.8) is 0 Å². The Morgan fingerprint density at radius 1 is 0.903 bits per heavy atom. The van der Waals surface area contributed by atoms with Gasteiger partial charge in [0.15, 0.2) is 11.2 Å². The fourth-order valence-corrected chi connectivity index (χ4v) is 3.60. The van der Waals surface area contributed by atoms with E-state index in [4.69, 9.17) is 9.47 Å². The van der Waals surface area contributed by atoms with E-state index < -0.39 is 41.3 Å². The molecule has 1 saturated heterocycles. The lowest BCUT2D eigenvalue weighted by atomic mass is 9.75. The Kier molecular flexibility index (Phi) is 6.31. The maximum atomic E-state index is 13.0. The van der Waals surface area contributed by atoms with Gasteiger partial charge in [0.2, 0.25) is 0 Å². The van der Waals surface area contributed by atoms with Gasteiger partial charge >= 0.3 is 17.9 Å². The Morgan fingerprint density at radius 3 is 1.94 bits per heavy atom. The van der Waals surface area contributed by atoms with Gasteiger partial charge in [-0.2, -0.15) is 0 Å². The number of rotatable bonds is 6. The number of hydrogen-bond donors (Lipinski definition) is 0. The van der Waals surface area contributed by atoms with E-state index in [1.807, 2.05) is 0 Å². The first-order valence-corrected chi connectivity index (χ1v) is 10.3. The molecule has 0 aromatic heterocycles. The number of Topliss-reactive ketones (excluding diaryl/α,β-unsaturated/α-hetero) is 1. The molecule has 8 heteroatoms. The second-order valence-electron chi connectivity index (χ2n) is 7.73. The molecule has 3 rings (SSSR count). The van der Waals surface area contributed by atoms with Gasteiger partial charge in [-0.1, -0.05) is 40.2 Å². The molecular formula is C23H21BrO7. The van der Waals surface area contributed by atoms with Gasteiger partial charge in [-0.05, 0) is 36.2 Å². The molecule has 0 bridgehead atoms. The number of methoxy groups -OCH3 is 1. The van der Waals surface area contributed by atoms with Crippen LogP contribution in [0.3, 0.4) is 0 Å². The second kappa shape index (κ2) is 8.63. The second-order valence-corrected chi connectivity index (χ2v) is 8.65. The first kappa shape index (κ1) is 22.7. The highest BCUT2D eigenvalue weighted by molar-refractivity contribution is 9.10. The molecule has 0 atom stereocenters. The minimum absolute atomic E-state index is 0.121. The Labute approximate surface area is 187 Å². The van der Waals surface area contributed by atoms with Crippen LogP contribution in [0.5, 0.6) is 0 Å². The van der Waals surface area contributed by atoms with Crippen LogP contribution < -0.4 is 0 Å². The average Bonchev–Trinajstić information content (AvgIpc) is 2.71. The Bertz CT molecular complexity index is 1000. The molecule has 0 amide bonds. The van der Waals surface area contributed by atoms with E-state index in [0.717, 1.165) is 4.47 Å². The summed E-state index contributed by atoms with van der Waals surface area (Å²) in [7, 11) is 1.27. The zero-order valence-corrected chi connectivity index (χ0v) is 18.9. The average molecular weight is 489 g/mol. The van der Waals surface area contributed by atoms with Crippen LogP contribution in [0.1, 0.15) is 46.5 Å². The first-order chi connectivity index (χ1) is 14.6. The van der Waals surface area contributed by atoms with Crippen LogP contribution in [0.2, 0.25) is 0 Å². The standard InChI is InChI=1S/C23H21BrO7/c1-22(2)30-20(27)23(21(28)31-22,13-18(25)15-8-10-17(24)11-9-15)12-14-4-6-16(7-5-14)19(26)29-3/h4-11H,12-13H2,1-3H3. The molecule has 0 radical (unpaired) electrons. The number of benzene rings is 2. The van der Waals surface area contributed by atoms with Crippen LogP contribution in [0.4, 0.5) is 0 Å². The van der Waals surface area contributed by atoms with Crippen LogP contribution in [-0.2, 0) is 30.2 Å². The van der Waals surface area contributed by atoms with E-state index in [-0.39, 0.29) is 6.42 Å². The fraction of sp³-hybridized carbons (Fsp3) is 0.304. The van der Waals surface area contributed by atoms with E-state index in [0.29, 0.717) is 16.7 Å². The van der Waals surface area contributed by atoms with E-state index in [1.54, 1.807) is 36.4 Å². The summed E-state index contributed by atoms with van der Waals surface area (Å²) in [6.07, 6.45) is -0.536. The fourth-order valence-electron chi connectivity index (χ4n) is 3.33. The predicted octanol–water partition coefficient (Wildman–Crippen LogP) is 3.87. The van der Waals surface area contributed by atoms with Crippen LogP contribution in [-0.4, -0.2) is 36.6 Å². The Morgan fingerprint density at radius 2 is 1.42 bits per heavy atom. The lowest BCUT2D eigenvalue weighted by Gasteiger charge is -2.40. The van der Waals surface area contributed by atoms with Gasteiger partial charge in [-0.3, -0.25) is 14.4 Å². The van der Waals surface area contributed by atoms with Gasteiger partial charge in [-0.15, -0.1) is 0 Å². The molecule has 0 spiro atoms. The lowest BCUT2D eigenvalue weighted by molar-refractivity contribution is -0.250. The predicted molar refractivity (Wildman–Crippen MR) is 113 cm³/mol.